The number of nitrogens with one attached hydrogen (secondary N) is 2. The zero-order chi connectivity index (χ0) is 16.7. The van der Waals surface area contributed by atoms with Crippen molar-refractivity contribution >= 4 is 22.6 Å². The van der Waals surface area contributed by atoms with Crippen molar-refractivity contribution in [3.8, 4) is 0 Å². The summed E-state index contributed by atoms with van der Waals surface area (Å²) in [7, 11) is 2.97. The maximum absolute atomic E-state index is 12.3. The highest BCUT2D eigenvalue weighted by Crippen LogP contribution is 2.19. The zero-order valence-electron chi connectivity index (χ0n) is 13.3. The number of hydrogen-bond acceptors (Lipinski definition) is 5. The van der Waals surface area contributed by atoms with E-state index in [1.54, 1.807) is 13.1 Å². The highest BCUT2D eigenvalue weighted by molar-refractivity contribution is 5.94. The maximum Gasteiger partial charge on any atom is 0.332 e. The van der Waals surface area contributed by atoms with E-state index in [0.717, 1.165) is 17.7 Å². The van der Waals surface area contributed by atoms with Gasteiger partial charge >= 0.3 is 5.69 Å². The SMILES string of the molecule is CC(C(=O)Nc1cnc2c(c1)c(=O)n(C)c(=O)n2C)C1CNC1. The minimum absolute atomic E-state index is 0.0979. The average molecular weight is 317 g/mol. The van der Waals surface area contributed by atoms with Crippen molar-refractivity contribution in [2.24, 2.45) is 25.9 Å². The minimum Gasteiger partial charge on any atom is -0.324 e. The number of fused-ring (bicyclic) bond motifs is 1. The summed E-state index contributed by atoms with van der Waals surface area (Å²) in [5, 5.41) is 6.24. The second-order valence-corrected chi connectivity index (χ2v) is 6.00. The first kappa shape index (κ1) is 15.4. The Kier molecular flexibility index (Phi) is 3.77. The van der Waals surface area contributed by atoms with Crippen LogP contribution in [0.15, 0.2) is 21.9 Å². The van der Waals surface area contributed by atoms with E-state index in [1.165, 1.54) is 17.8 Å². The van der Waals surface area contributed by atoms with Gasteiger partial charge in [-0.2, -0.15) is 0 Å². The van der Waals surface area contributed by atoms with Crippen LogP contribution in [0.5, 0.6) is 0 Å². The monoisotopic (exact) mass is 317 g/mol. The van der Waals surface area contributed by atoms with E-state index in [4.69, 9.17) is 0 Å². The van der Waals surface area contributed by atoms with Crippen molar-refractivity contribution in [1.29, 1.82) is 0 Å². The quantitative estimate of drug-likeness (QED) is 0.790. The summed E-state index contributed by atoms with van der Waals surface area (Å²) >= 11 is 0. The summed E-state index contributed by atoms with van der Waals surface area (Å²) < 4.78 is 2.34. The molecule has 1 fully saturated rings. The van der Waals surface area contributed by atoms with Crippen LogP contribution in [0.3, 0.4) is 0 Å². The van der Waals surface area contributed by atoms with E-state index < -0.39 is 11.2 Å². The van der Waals surface area contributed by atoms with Crippen molar-refractivity contribution in [2.45, 2.75) is 6.92 Å². The van der Waals surface area contributed by atoms with Crippen molar-refractivity contribution in [2.75, 3.05) is 18.4 Å². The lowest BCUT2D eigenvalue weighted by Crippen LogP contribution is -2.48. The van der Waals surface area contributed by atoms with Crippen LogP contribution < -0.4 is 21.9 Å². The van der Waals surface area contributed by atoms with Gasteiger partial charge in [0.25, 0.3) is 5.56 Å². The number of rotatable bonds is 3. The molecule has 3 heterocycles. The summed E-state index contributed by atoms with van der Waals surface area (Å²) in [6.07, 6.45) is 1.46. The van der Waals surface area contributed by atoms with E-state index >= 15 is 0 Å². The average Bonchev–Trinajstić information content (AvgIpc) is 2.49. The third kappa shape index (κ3) is 2.55. The van der Waals surface area contributed by atoms with Gasteiger partial charge in [-0.1, -0.05) is 6.92 Å². The molecule has 0 bridgehead atoms. The van der Waals surface area contributed by atoms with Gasteiger partial charge in [0.1, 0.15) is 5.65 Å². The fourth-order valence-corrected chi connectivity index (χ4v) is 2.67. The summed E-state index contributed by atoms with van der Waals surface area (Å²) in [4.78, 5) is 40.5. The zero-order valence-corrected chi connectivity index (χ0v) is 13.3. The van der Waals surface area contributed by atoms with Gasteiger partial charge in [0.15, 0.2) is 0 Å². The van der Waals surface area contributed by atoms with Gasteiger partial charge in [-0.25, -0.2) is 9.78 Å². The number of amides is 1. The molecule has 1 aliphatic rings. The van der Waals surface area contributed by atoms with Gasteiger partial charge in [-0.15, -0.1) is 0 Å². The first-order valence-corrected chi connectivity index (χ1v) is 7.47. The van der Waals surface area contributed by atoms with Crippen LogP contribution in [-0.4, -0.2) is 33.1 Å². The highest BCUT2D eigenvalue weighted by atomic mass is 16.2. The number of anilines is 1. The van der Waals surface area contributed by atoms with Crippen LogP contribution in [0.25, 0.3) is 11.0 Å². The molecule has 3 rings (SSSR count). The molecule has 1 unspecified atom stereocenters. The molecule has 23 heavy (non-hydrogen) atoms. The molecule has 0 aliphatic carbocycles. The molecule has 2 aromatic rings. The lowest BCUT2D eigenvalue weighted by Gasteiger charge is -2.31. The predicted octanol–water partition coefficient (Wildman–Crippen LogP) is -0.574. The minimum atomic E-state index is -0.433. The molecule has 8 nitrogen and oxygen atoms in total. The first-order chi connectivity index (χ1) is 10.9. The second kappa shape index (κ2) is 5.62. The highest BCUT2D eigenvalue weighted by Gasteiger charge is 2.28. The Hall–Kier alpha value is -2.48. The maximum atomic E-state index is 12.3. The topological polar surface area (TPSA) is 98.0 Å². The number of hydrogen-bond donors (Lipinski definition) is 2. The van der Waals surface area contributed by atoms with Gasteiger partial charge < -0.3 is 10.6 Å². The van der Waals surface area contributed by atoms with Gasteiger partial charge in [0.05, 0.1) is 17.3 Å². The van der Waals surface area contributed by atoms with Gasteiger partial charge in [-0.05, 0) is 25.1 Å². The standard InChI is InChI=1S/C15H19N5O3/c1-8(9-5-16-6-9)13(21)18-10-4-11-12(17-7-10)19(2)15(23)20(3)14(11)22/h4,7-9,16H,5-6H2,1-3H3,(H,18,21). The Morgan fingerprint density at radius 1 is 1.35 bits per heavy atom. The molecule has 122 valence electrons. The van der Waals surface area contributed by atoms with Gasteiger partial charge in [-0.3, -0.25) is 18.7 Å². The summed E-state index contributed by atoms with van der Waals surface area (Å²) in [5.74, 6) is 0.117. The summed E-state index contributed by atoms with van der Waals surface area (Å²) in [5.41, 5.74) is -0.106. The van der Waals surface area contributed by atoms with Gasteiger partial charge in [0, 0.05) is 20.0 Å². The van der Waals surface area contributed by atoms with Crippen LogP contribution in [0.1, 0.15) is 6.92 Å². The van der Waals surface area contributed by atoms with E-state index in [-0.39, 0.29) is 11.8 Å². The summed E-state index contributed by atoms with van der Waals surface area (Å²) in [6.45, 7) is 3.57. The summed E-state index contributed by atoms with van der Waals surface area (Å²) in [6, 6.07) is 1.56. The van der Waals surface area contributed by atoms with Crippen LogP contribution in [0.2, 0.25) is 0 Å². The van der Waals surface area contributed by atoms with Crippen molar-refractivity contribution < 1.29 is 4.79 Å². The number of carbonyl (C=O) groups is 1. The van der Waals surface area contributed by atoms with E-state index in [9.17, 15) is 14.4 Å². The van der Waals surface area contributed by atoms with Crippen molar-refractivity contribution in [3.05, 3.63) is 33.1 Å². The Morgan fingerprint density at radius 3 is 2.65 bits per heavy atom. The molecule has 2 N–H and O–H groups in total. The molecule has 0 aromatic carbocycles. The first-order valence-electron chi connectivity index (χ1n) is 7.47. The molecule has 1 aliphatic heterocycles. The normalized spacial score (nSPS) is 16.1. The van der Waals surface area contributed by atoms with Crippen LogP contribution in [0, 0.1) is 11.8 Å². The Labute approximate surface area is 132 Å². The largest absolute Gasteiger partial charge is 0.332 e. The molecule has 0 saturated carbocycles. The van der Waals surface area contributed by atoms with Crippen molar-refractivity contribution in [1.82, 2.24) is 19.4 Å². The molecule has 0 radical (unpaired) electrons. The van der Waals surface area contributed by atoms with E-state index in [2.05, 4.69) is 15.6 Å². The fraction of sp³-hybridized carbons (Fsp3) is 0.467. The number of carbonyl (C=O) groups excluding carboxylic acids is 1. The molecule has 1 atom stereocenters. The Balaban J connectivity index is 1.95. The third-order valence-electron chi connectivity index (χ3n) is 4.49. The van der Waals surface area contributed by atoms with Gasteiger partial charge in [0.2, 0.25) is 5.91 Å². The molecular weight excluding hydrogens is 298 g/mol. The number of nitrogens with zero attached hydrogens (tertiary/aromatic N) is 3. The Bertz CT molecular complexity index is 894. The fourth-order valence-electron chi connectivity index (χ4n) is 2.67. The third-order valence-corrected chi connectivity index (χ3v) is 4.49. The lowest BCUT2D eigenvalue weighted by molar-refractivity contribution is -0.121. The van der Waals surface area contributed by atoms with Crippen molar-refractivity contribution in [3.63, 3.8) is 0 Å². The number of aromatic nitrogens is 3. The molecule has 8 heteroatoms. The second-order valence-electron chi connectivity index (χ2n) is 6.00. The smallest absolute Gasteiger partial charge is 0.324 e. The molecule has 2 aromatic heterocycles. The van der Waals surface area contributed by atoms with Crippen LogP contribution in [-0.2, 0) is 18.9 Å². The molecule has 1 amide bonds. The molecule has 1 saturated heterocycles. The number of pyridine rings is 1. The predicted molar refractivity (Wildman–Crippen MR) is 86.4 cm³/mol. The van der Waals surface area contributed by atoms with E-state index in [0.29, 0.717) is 22.6 Å². The van der Waals surface area contributed by atoms with E-state index in [1.807, 2.05) is 6.92 Å². The van der Waals surface area contributed by atoms with Crippen LogP contribution >= 0.6 is 0 Å². The lowest BCUT2D eigenvalue weighted by atomic mass is 9.88. The Morgan fingerprint density at radius 2 is 2.04 bits per heavy atom. The van der Waals surface area contributed by atoms with Crippen LogP contribution in [0.4, 0.5) is 5.69 Å². The molecule has 0 spiro atoms. The molecular formula is C15H19N5O3. The number of aryl methyl sites for hydroxylation is 1.